The fourth-order valence-electron chi connectivity index (χ4n) is 1.86. The van der Waals surface area contributed by atoms with E-state index in [-0.39, 0.29) is 5.91 Å². The van der Waals surface area contributed by atoms with Gasteiger partial charge in [0.05, 0.1) is 0 Å². The van der Waals surface area contributed by atoms with E-state index in [1.165, 1.54) is 5.56 Å². The summed E-state index contributed by atoms with van der Waals surface area (Å²) in [5.41, 5.74) is 2.24. The molecular formula is C17H20N2O. The maximum atomic E-state index is 12.3. The molecule has 2 aromatic carbocycles. The van der Waals surface area contributed by atoms with E-state index in [0.717, 1.165) is 11.4 Å². The number of rotatable bonds is 4. The van der Waals surface area contributed by atoms with Crippen molar-refractivity contribution in [2.75, 3.05) is 10.6 Å². The predicted molar refractivity (Wildman–Crippen MR) is 84.0 cm³/mol. The molecular weight excluding hydrogens is 248 g/mol. The summed E-state index contributed by atoms with van der Waals surface area (Å²) in [5, 5.41) is 6.17. The highest BCUT2D eigenvalue weighted by Crippen LogP contribution is 2.18. The van der Waals surface area contributed by atoms with Crippen molar-refractivity contribution in [3.05, 3.63) is 60.2 Å². The first-order chi connectivity index (χ1) is 9.47. The highest BCUT2D eigenvalue weighted by atomic mass is 16.2. The Balaban J connectivity index is 2.05. The van der Waals surface area contributed by atoms with Gasteiger partial charge in [0.15, 0.2) is 0 Å². The van der Waals surface area contributed by atoms with Crippen LogP contribution in [0, 0.1) is 6.92 Å². The van der Waals surface area contributed by atoms with Crippen molar-refractivity contribution >= 4 is 17.3 Å². The standard InChI is InChI=1S/C17H20N2O/c1-13-9-11-15(12-10-13)19-17(2,3)16(20)18-14-7-5-4-6-8-14/h4-12,19H,1-3H3,(H,18,20). The lowest BCUT2D eigenvalue weighted by Crippen LogP contribution is -2.44. The number of nitrogens with one attached hydrogen (secondary N) is 2. The molecule has 2 rings (SSSR count). The second-order valence-corrected chi connectivity index (χ2v) is 5.44. The third-order valence-corrected chi connectivity index (χ3v) is 3.11. The van der Waals surface area contributed by atoms with Crippen LogP contribution < -0.4 is 10.6 Å². The van der Waals surface area contributed by atoms with Crippen molar-refractivity contribution in [3.63, 3.8) is 0 Å². The first-order valence-corrected chi connectivity index (χ1v) is 6.69. The van der Waals surface area contributed by atoms with E-state index in [1.807, 2.05) is 75.4 Å². The van der Waals surface area contributed by atoms with E-state index in [4.69, 9.17) is 0 Å². The maximum absolute atomic E-state index is 12.3. The van der Waals surface area contributed by atoms with Gasteiger partial charge in [0, 0.05) is 11.4 Å². The second kappa shape index (κ2) is 5.78. The Morgan fingerprint density at radius 2 is 1.50 bits per heavy atom. The number of anilines is 2. The molecule has 20 heavy (non-hydrogen) atoms. The van der Waals surface area contributed by atoms with Gasteiger partial charge in [-0.1, -0.05) is 35.9 Å². The van der Waals surface area contributed by atoms with Crippen molar-refractivity contribution in [1.29, 1.82) is 0 Å². The number of para-hydroxylation sites is 1. The van der Waals surface area contributed by atoms with Crippen molar-refractivity contribution in [2.45, 2.75) is 26.3 Å². The minimum atomic E-state index is -0.689. The number of hydrogen-bond donors (Lipinski definition) is 2. The van der Waals surface area contributed by atoms with Crippen LogP contribution in [0.15, 0.2) is 54.6 Å². The van der Waals surface area contributed by atoms with E-state index < -0.39 is 5.54 Å². The first kappa shape index (κ1) is 14.1. The monoisotopic (exact) mass is 268 g/mol. The smallest absolute Gasteiger partial charge is 0.249 e. The molecule has 3 nitrogen and oxygen atoms in total. The number of aryl methyl sites for hydroxylation is 1. The average molecular weight is 268 g/mol. The summed E-state index contributed by atoms with van der Waals surface area (Å²) in [7, 11) is 0. The van der Waals surface area contributed by atoms with Gasteiger partial charge in [-0.05, 0) is 45.0 Å². The molecule has 0 spiro atoms. The van der Waals surface area contributed by atoms with E-state index >= 15 is 0 Å². The van der Waals surface area contributed by atoms with Crippen LogP contribution in [0.4, 0.5) is 11.4 Å². The third kappa shape index (κ3) is 3.60. The normalized spacial score (nSPS) is 10.9. The molecule has 0 aliphatic heterocycles. The fourth-order valence-corrected chi connectivity index (χ4v) is 1.86. The van der Waals surface area contributed by atoms with Gasteiger partial charge in [0.25, 0.3) is 0 Å². The highest BCUT2D eigenvalue weighted by Gasteiger charge is 2.27. The molecule has 0 atom stereocenters. The van der Waals surface area contributed by atoms with Crippen LogP contribution in [0.2, 0.25) is 0 Å². The second-order valence-electron chi connectivity index (χ2n) is 5.44. The molecule has 1 amide bonds. The molecule has 0 bridgehead atoms. The molecule has 3 heteroatoms. The molecule has 0 saturated heterocycles. The van der Waals surface area contributed by atoms with Crippen LogP contribution in [0.5, 0.6) is 0 Å². The largest absolute Gasteiger partial charge is 0.372 e. The van der Waals surface area contributed by atoms with Crippen LogP contribution in [0.1, 0.15) is 19.4 Å². The minimum absolute atomic E-state index is 0.0655. The molecule has 0 saturated carbocycles. The van der Waals surface area contributed by atoms with Crippen LogP contribution in [0.3, 0.4) is 0 Å². The third-order valence-electron chi connectivity index (χ3n) is 3.11. The van der Waals surface area contributed by atoms with E-state index in [2.05, 4.69) is 10.6 Å². The van der Waals surface area contributed by atoms with E-state index in [0.29, 0.717) is 0 Å². The zero-order valence-corrected chi connectivity index (χ0v) is 12.1. The predicted octanol–water partition coefficient (Wildman–Crippen LogP) is 3.82. The lowest BCUT2D eigenvalue weighted by molar-refractivity contribution is -0.119. The molecule has 2 aromatic rings. The van der Waals surface area contributed by atoms with Gasteiger partial charge in [0.1, 0.15) is 5.54 Å². The summed E-state index contributed by atoms with van der Waals surface area (Å²) in [6.07, 6.45) is 0. The summed E-state index contributed by atoms with van der Waals surface area (Å²) >= 11 is 0. The topological polar surface area (TPSA) is 41.1 Å². The molecule has 104 valence electrons. The van der Waals surface area contributed by atoms with Gasteiger partial charge in [-0.15, -0.1) is 0 Å². The zero-order chi connectivity index (χ0) is 14.6. The quantitative estimate of drug-likeness (QED) is 0.885. The SMILES string of the molecule is Cc1ccc(NC(C)(C)C(=O)Nc2ccccc2)cc1. The Hall–Kier alpha value is -2.29. The van der Waals surface area contributed by atoms with Crippen LogP contribution >= 0.6 is 0 Å². The molecule has 0 aromatic heterocycles. The lowest BCUT2D eigenvalue weighted by atomic mass is 10.0. The molecule has 0 aliphatic rings. The zero-order valence-electron chi connectivity index (χ0n) is 12.1. The molecule has 0 unspecified atom stereocenters. The van der Waals surface area contributed by atoms with Crippen LogP contribution in [-0.4, -0.2) is 11.4 Å². The minimum Gasteiger partial charge on any atom is -0.372 e. The van der Waals surface area contributed by atoms with Crippen molar-refractivity contribution in [2.24, 2.45) is 0 Å². The van der Waals surface area contributed by atoms with E-state index in [1.54, 1.807) is 0 Å². The Labute approximate surface area is 120 Å². The Bertz CT molecular complexity index is 574. The number of amides is 1. The lowest BCUT2D eigenvalue weighted by Gasteiger charge is -2.26. The summed E-state index contributed by atoms with van der Waals surface area (Å²) in [4.78, 5) is 12.3. The van der Waals surface area contributed by atoms with Gasteiger partial charge in [-0.2, -0.15) is 0 Å². The number of benzene rings is 2. The number of carbonyl (C=O) groups is 1. The van der Waals surface area contributed by atoms with Crippen molar-refractivity contribution < 1.29 is 4.79 Å². The highest BCUT2D eigenvalue weighted by molar-refractivity contribution is 5.99. The molecule has 0 heterocycles. The number of hydrogen-bond acceptors (Lipinski definition) is 2. The summed E-state index contributed by atoms with van der Waals surface area (Å²) in [6, 6.07) is 17.5. The first-order valence-electron chi connectivity index (χ1n) is 6.69. The summed E-state index contributed by atoms with van der Waals surface area (Å²) in [5.74, 6) is -0.0655. The van der Waals surface area contributed by atoms with Gasteiger partial charge in [0.2, 0.25) is 5.91 Å². The molecule has 0 fully saturated rings. The number of carbonyl (C=O) groups excluding carboxylic acids is 1. The van der Waals surface area contributed by atoms with Gasteiger partial charge in [-0.3, -0.25) is 4.79 Å². The van der Waals surface area contributed by atoms with Crippen LogP contribution in [-0.2, 0) is 4.79 Å². The van der Waals surface area contributed by atoms with Gasteiger partial charge in [-0.25, -0.2) is 0 Å². The average Bonchev–Trinajstić information content (AvgIpc) is 2.42. The van der Waals surface area contributed by atoms with Gasteiger partial charge < -0.3 is 10.6 Å². The van der Waals surface area contributed by atoms with Crippen LogP contribution in [0.25, 0.3) is 0 Å². The maximum Gasteiger partial charge on any atom is 0.249 e. The summed E-state index contributed by atoms with van der Waals surface area (Å²) < 4.78 is 0. The molecule has 2 N–H and O–H groups in total. The van der Waals surface area contributed by atoms with Gasteiger partial charge >= 0.3 is 0 Å². The summed E-state index contributed by atoms with van der Waals surface area (Å²) in [6.45, 7) is 5.77. The fraction of sp³-hybridized carbons (Fsp3) is 0.235. The van der Waals surface area contributed by atoms with Crippen molar-refractivity contribution in [1.82, 2.24) is 0 Å². The molecule has 0 radical (unpaired) electrons. The Kier molecular flexibility index (Phi) is 4.08. The van der Waals surface area contributed by atoms with Crippen molar-refractivity contribution in [3.8, 4) is 0 Å². The Morgan fingerprint density at radius 3 is 2.10 bits per heavy atom. The Morgan fingerprint density at radius 1 is 0.900 bits per heavy atom. The van der Waals surface area contributed by atoms with E-state index in [9.17, 15) is 4.79 Å². The molecule has 0 aliphatic carbocycles.